The first-order chi connectivity index (χ1) is 34.8. The Morgan fingerprint density at radius 3 is 1.84 bits per heavy atom. The van der Waals surface area contributed by atoms with Gasteiger partial charge in [0.15, 0.2) is 34.0 Å². The molecule has 3 aromatic rings. The van der Waals surface area contributed by atoms with Crippen LogP contribution in [0.1, 0.15) is 160 Å². The summed E-state index contributed by atoms with van der Waals surface area (Å²) < 4.78 is 64.1. The molecule has 0 aliphatic carbocycles. The van der Waals surface area contributed by atoms with E-state index < -0.39 is 66.2 Å². The Balaban J connectivity index is 1.09. The van der Waals surface area contributed by atoms with Gasteiger partial charge < -0.3 is 41.7 Å². The molecular weight excluding hydrogens is 989 g/mol. The number of hydrogen-bond acceptors (Lipinski definition) is 10. The van der Waals surface area contributed by atoms with Gasteiger partial charge in [0.05, 0.1) is 31.5 Å². The molecule has 9 atom stereocenters. The van der Waals surface area contributed by atoms with Crippen LogP contribution in [0.5, 0.6) is 0 Å². The van der Waals surface area contributed by atoms with Crippen molar-refractivity contribution in [2.75, 3.05) is 13.2 Å². The second kappa shape index (κ2) is 23.0. The summed E-state index contributed by atoms with van der Waals surface area (Å²) in [6, 6.07) is 31.8. The highest BCUT2D eigenvalue weighted by atomic mass is 28.4. The van der Waals surface area contributed by atoms with Crippen LogP contribution in [0.2, 0.25) is 41.3 Å². The summed E-state index contributed by atoms with van der Waals surface area (Å²) in [5, 5.41) is 2.11. The minimum absolute atomic E-state index is 0.000526. The number of hydrogen-bond donors (Lipinski definition) is 0. The van der Waals surface area contributed by atoms with Crippen LogP contribution >= 0.6 is 0 Å². The van der Waals surface area contributed by atoms with Crippen molar-refractivity contribution in [2.24, 2.45) is 5.92 Å². The van der Waals surface area contributed by atoms with E-state index in [0.717, 1.165) is 44.1 Å². The molecule has 4 aliphatic rings. The van der Waals surface area contributed by atoms with Crippen LogP contribution in [0.4, 0.5) is 0 Å². The molecule has 4 saturated heterocycles. The molecule has 7 rings (SSSR count). The van der Waals surface area contributed by atoms with Crippen LogP contribution in [0.3, 0.4) is 0 Å². The normalized spacial score (nSPS) is 28.7. The third-order valence-corrected chi connectivity index (χ3v) is 32.0. The summed E-state index contributed by atoms with van der Waals surface area (Å²) in [4.78, 5) is 14.7. The average Bonchev–Trinajstić information content (AvgIpc) is 3.83. The van der Waals surface area contributed by atoms with E-state index in [1.807, 2.05) is 32.0 Å². The van der Waals surface area contributed by atoms with E-state index in [9.17, 15) is 4.79 Å². The Morgan fingerprint density at radius 1 is 0.680 bits per heavy atom. The smallest absolute Gasteiger partial charge is 0.261 e. The van der Waals surface area contributed by atoms with E-state index >= 15 is 0 Å². The molecule has 4 fully saturated rings. The fourth-order valence-corrected chi connectivity index (χ4v) is 19.5. The zero-order valence-electron chi connectivity index (χ0n) is 49.4. The monoisotopic (exact) mass is 1090 g/mol. The van der Waals surface area contributed by atoms with Crippen molar-refractivity contribution >= 4 is 41.1 Å². The zero-order valence-corrected chi connectivity index (χ0v) is 52.4. The minimum atomic E-state index is -2.92. The predicted octanol–water partition coefficient (Wildman–Crippen LogP) is 13.8. The summed E-state index contributed by atoms with van der Waals surface area (Å²) >= 11 is 0. The summed E-state index contributed by atoms with van der Waals surface area (Å²) in [6.45, 7) is 39.6. The molecule has 0 bridgehead atoms. The largest absolute Gasteiger partial charge is 0.411 e. The van der Waals surface area contributed by atoms with E-state index in [0.29, 0.717) is 45.5 Å². The summed E-state index contributed by atoms with van der Waals surface area (Å²) in [7, 11) is -7.61. The molecule has 418 valence electrons. The summed E-state index contributed by atoms with van der Waals surface area (Å²) in [5.74, 6) is -2.80. The molecule has 0 N–H and O–H groups in total. The Kier molecular flexibility index (Phi) is 18.5. The van der Waals surface area contributed by atoms with Crippen molar-refractivity contribution in [3.63, 3.8) is 0 Å². The third kappa shape index (κ3) is 13.6. The Labute approximate surface area is 456 Å². The maximum atomic E-state index is 14.7. The standard InChI is InChI=1S/C62H98O10Si3/c1-46(54(70-73(14,15)56(2,3)4)55-53(68-59(11,12)69-55)45-65-75(58(8,9)10,51-31-23-19-24-32-51)52-33-25-20-26-34-52)42-48(63)43-50-30-27-37-61(66-50)39-40-62(71-61)60(13,72-74(16,17)57(5,6)7)38-35-49(67-62)36-41-64-44-47-28-21-18-22-29-47/h18-26,28-29,31-34,46,49-50,53-55H,27,30,35-45H2,1-17H3/t46-,49+,50-,53+,54-,55+,60-,61-,62-/m1/s1. The van der Waals surface area contributed by atoms with Crippen LogP contribution in [0.15, 0.2) is 91.0 Å². The molecule has 4 aliphatic heterocycles. The molecule has 4 heterocycles. The second-order valence-electron chi connectivity index (χ2n) is 27.5. The second-order valence-corrected chi connectivity index (χ2v) is 41.3. The van der Waals surface area contributed by atoms with Gasteiger partial charge in [-0.15, -0.1) is 0 Å². The maximum absolute atomic E-state index is 14.7. The molecular formula is C62H98O10Si3. The van der Waals surface area contributed by atoms with E-state index in [-0.39, 0.29) is 39.0 Å². The van der Waals surface area contributed by atoms with E-state index in [1.54, 1.807) is 0 Å². The van der Waals surface area contributed by atoms with Gasteiger partial charge in [0.25, 0.3) is 8.32 Å². The molecule has 75 heavy (non-hydrogen) atoms. The quantitative estimate of drug-likeness (QED) is 0.0803. The van der Waals surface area contributed by atoms with E-state index in [2.05, 4.69) is 175 Å². The number of benzene rings is 3. The van der Waals surface area contributed by atoms with Gasteiger partial charge >= 0.3 is 0 Å². The van der Waals surface area contributed by atoms with Crippen molar-refractivity contribution in [1.29, 1.82) is 0 Å². The molecule has 0 saturated carbocycles. The zero-order chi connectivity index (χ0) is 54.9. The van der Waals surface area contributed by atoms with Gasteiger partial charge in [-0.25, -0.2) is 0 Å². The van der Waals surface area contributed by atoms with Gasteiger partial charge in [-0.05, 0) is 116 Å². The van der Waals surface area contributed by atoms with Crippen LogP contribution < -0.4 is 10.4 Å². The highest BCUT2D eigenvalue weighted by Crippen LogP contribution is 2.57. The van der Waals surface area contributed by atoms with Gasteiger partial charge in [-0.3, -0.25) is 4.79 Å². The number of carbonyl (C=O) groups is 1. The van der Waals surface area contributed by atoms with Crippen molar-refractivity contribution in [3.8, 4) is 0 Å². The number of ether oxygens (including phenoxy) is 6. The maximum Gasteiger partial charge on any atom is 0.261 e. The highest BCUT2D eigenvalue weighted by Gasteiger charge is 2.66. The van der Waals surface area contributed by atoms with Crippen LogP contribution in [0, 0.1) is 5.92 Å². The first-order valence-electron chi connectivity index (χ1n) is 28.5. The molecule has 3 aromatic carbocycles. The van der Waals surface area contributed by atoms with Gasteiger partial charge in [-0.2, -0.15) is 0 Å². The Bertz CT molecular complexity index is 2270. The van der Waals surface area contributed by atoms with Gasteiger partial charge in [0.1, 0.15) is 23.6 Å². The van der Waals surface area contributed by atoms with Crippen molar-refractivity contribution in [2.45, 2.75) is 256 Å². The van der Waals surface area contributed by atoms with Crippen molar-refractivity contribution in [3.05, 3.63) is 96.6 Å². The topological polar surface area (TPSA) is 100 Å². The number of ketones is 1. The van der Waals surface area contributed by atoms with Gasteiger partial charge in [-0.1, -0.05) is 160 Å². The lowest BCUT2D eigenvalue weighted by Gasteiger charge is -2.56. The first-order valence-corrected chi connectivity index (χ1v) is 36.2. The SMILES string of the molecule is C[C@H](CC(=O)C[C@H]1CCC[C@@]2(CC[C@@]3(O[C@H](CCOCc4ccccc4)CC[C@@]3(C)O[Si](C)(C)C(C)(C)C)O2)O1)[C@@H](O[Si](C)(C)C(C)(C)C)[C@H]1OC(C)(C)O[C@H]1CO[Si](c1ccccc1)(c1ccccc1)C(C)(C)C. The number of carbonyl (C=O) groups excluding carboxylic acids is 1. The lowest BCUT2D eigenvalue weighted by Crippen LogP contribution is -2.67. The van der Waals surface area contributed by atoms with E-state index in [4.69, 9.17) is 41.7 Å². The lowest BCUT2D eigenvalue weighted by atomic mass is 9.83. The predicted molar refractivity (Wildman–Crippen MR) is 309 cm³/mol. The Morgan fingerprint density at radius 2 is 1.27 bits per heavy atom. The molecule has 0 unspecified atom stereocenters. The third-order valence-electron chi connectivity index (χ3n) is 18.0. The fourth-order valence-electron chi connectivity index (χ4n) is 11.8. The molecule has 0 aromatic heterocycles. The molecule has 0 radical (unpaired) electrons. The molecule has 10 nitrogen and oxygen atoms in total. The number of rotatable bonds is 20. The van der Waals surface area contributed by atoms with E-state index in [1.165, 1.54) is 10.4 Å². The molecule has 13 heteroatoms. The summed E-state index contributed by atoms with van der Waals surface area (Å²) in [6.07, 6.45) is 5.12. The first kappa shape index (κ1) is 60.3. The Hall–Kier alpha value is -2.38. The van der Waals surface area contributed by atoms with Crippen molar-refractivity contribution < 1.29 is 46.5 Å². The van der Waals surface area contributed by atoms with Crippen molar-refractivity contribution in [1.82, 2.24) is 0 Å². The fraction of sp³-hybridized carbons (Fsp3) is 0.694. The average molecular weight is 1090 g/mol. The van der Waals surface area contributed by atoms with Gasteiger partial charge in [0, 0.05) is 38.7 Å². The lowest BCUT2D eigenvalue weighted by molar-refractivity contribution is -0.398. The van der Waals surface area contributed by atoms with Crippen LogP contribution in [-0.4, -0.2) is 97.4 Å². The van der Waals surface area contributed by atoms with Crippen LogP contribution in [0.25, 0.3) is 0 Å². The summed E-state index contributed by atoms with van der Waals surface area (Å²) in [5.41, 5.74) is 0.486. The number of Topliss-reactive ketones (excluding diaryl/α,β-unsaturated/α-hetero) is 1. The molecule has 0 amide bonds. The van der Waals surface area contributed by atoms with Crippen LogP contribution in [-0.2, 0) is 53.1 Å². The van der Waals surface area contributed by atoms with Gasteiger partial charge in [0.2, 0.25) is 0 Å². The molecule has 2 spiro atoms. The highest BCUT2D eigenvalue weighted by molar-refractivity contribution is 6.99. The minimum Gasteiger partial charge on any atom is -0.411 e.